The number of aromatic hydroxyl groups is 1. The fourth-order valence-electron chi connectivity index (χ4n) is 4.16. The van der Waals surface area contributed by atoms with Crippen molar-refractivity contribution < 1.29 is 29.5 Å². The standard InChI is InChI=1S/C20H20O6/c1-20(2)19(23)16(22)15-13(26-20)6-5-10-12-8-24-14-7-9(21)3-4-11(14)17(12)25-18(10)15/h3-7,12,16-17,19,21-23H,8H2,1-2H3/t12?,16-,17?,19-/m1/s1. The van der Waals surface area contributed by atoms with Crippen LogP contribution < -0.4 is 14.2 Å². The van der Waals surface area contributed by atoms with E-state index >= 15 is 0 Å². The number of aliphatic hydroxyl groups excluding tert-OH is 2. The molecule has 2 aromatic rings. The highest BCUT2D eigenvalue weighted by atomic mass is 16.5. The highest BCUT2D eigenvalue weighted by molar-refractivity contribution is 5.59. The number of benzene rings is 2. The van der Waals surface area contributed by atoms with Crippen LogP contribution in [0, 0.1) is 0 Å². The third-order valence-corrected chi connectivity index (χ3v) is 5.60. The summed E-state index contributed by atoms with van der Waals surface area (Å²) in [5, 5.41) is 30.8. The van der Waals surface area contributed by atoms with Crippen molar-refractivity contribution in [3.05, 3.63) is 47.0 Å². The number of hydrogen-bond donors (Lipinski definition) is 3. The van der Waals surface area contributed by atoms with Gasteiger partial charge in [-0.05, 0) is 32.0 Å². The molecule has 2 unspecified atom stereocenters. The Morgan fingerprint density at radius 2 is 1.81 bits per heavy atom. The molecule has 3 aliphatic rings. The van der Waals surface area contributed by atoms with Crippen LogP contribution in [0.15, 0.2) is 30.3 Å². The van der Waals surface area contributed by atoms with Crippen LogP contribution in [0.25, 0.3) is 0 Å². The van der Waals surface area contributed by atoms with Gasteiger partial charge < -0.3 is 29.5 Å². The van der Waals surface area contributed by atoms with Gasteiger partial charge in [0.15, 0.2) is 0 Å². The minimum absolute atomic E-state index is 0.0216. The Kier molecular flexibility index (Phi) is 3.07. The maximum Gasteiger partial charge on any atom is 0.138 e. The molecule has 0 fully saturated rings. The normalized spacial score (nSPS) is 30.0. The molecule has 3 N–H and O–H groups in total. The average Bonchev–Trinajstić information content (AvgIpc) is 2.97. The lowest BCUT2D eigenvalue weighted by atomic mass is 9.84. The van der Waals surface area contributed by atoms with E-state index < -0.39 is 17.8 Å². The maximum atomic E-state index is 10.7. The van der Waals surface area contributed by atoms with Gasteiger partial charge in [0.05, 0.1) is 18.1 Å². The molecule has 0 saturated carbocycles. The van der Waals surface area contributed by atoms with Gasteiger partial charge >= 0.3 is 0 Å². The zero-order valence-electron chi connectivity index (χ0n) is 14.5. The molecule has 3 heterocycles. The number of phenols is 1. The summed E-state index contributed by atoms with van der Waals surface area (Å²) in [5.74, 6) is 1.81. The van der Waals surface area contributed by atoms with E-state index in [1.165, 1.54) is 0 Å². The molecule has 0 radical (unpaired) electrons. The molecular weight excluding hydrogens is 336 g/mol. The minimum atomic E-state index is -1.09. The number of fused-ring (bicyclic) bond motifs is 7. The molecular formula is C20H20O6. The summed E-state index contributed by atoms with van der Waals surface area (Å²) in [6, 6.07) is 8.75. The number of hydrogen-bond acceptors (Lipinski definition) is 6. The van der Waals surface area contributed by atoms with Crippen molar-refractivity contribution >= 4 is 0 Å². The highest BCUT2D eigenvalue weighted by Crippen LogP contribution is 2.56. The Morgan fingerprint density at radius 3 is 2.62 bits per heavy atom. The van der Waals surface area contributed by atoms with Gasteiger partial charge in [0.25, 0.3) is 0 Å². The van der Waals surface area contributed by atoms with Crippen LogP contribution in [0.3, 0.4) is 0 Å². The van der Waals surface area contributed by atoms with E-state index in [2.05, 4.69) is 0 Å². The molecule has 2 aromatic carbocycles. The van der Waals surface area contributed by atoms with E-state index in [0.717, 1.165) is 11.1 Å². The predicted octanol–water partition coefficient (Wildman–Crippen LogP) is 2.57. The topological polar surface area (TPSA) is 88.4 Å². The van der Waals surface area contributed by atoms with Crippen molar-refractivity contribution in [3.8, 4) is 23.0 Å². The molecule has 0 bridgehead atoms. The molecule has 6 nitrogen and oxygen atoms in total. The fraction of sp³-hybridized carbons (Fsp3) is 0.400. The second kappa shape index (κ2) is 5.05. The van der Waals surface area contributed by atoms with E-state index in [0.29, 0.717) is 29.4 Å². The molecule has 0 spiro atoms. The number of rotatable bonds is 0. The third kappa shape index (κ3) is 2.00. The van der Waals surface area contributed by atoms with Crippen LogP contribution in [0.5, 0.6) is 23.0 Å². The van der Waals surface area contributed by atoms with Crippen LogP contribution in [0.1, 0.15) is 48.7 Å². The van der Waals surface area contributed by atoms with E-state index in [1.54, 1.807) is 32.0 Å². The summed E-state index contributed by atoms with van der Waals surface area (Å²) in [6.07, 6.45) is -2.42. The van der Waals surface area contributed by atoms with Crippen LogP contribution in [-0.4, -0.2) is 33.6 Å². The first kappa shape index (κ1) is 15.8. The van der Waals surface area contributed by atoms with Crippen molar-refractivity contribution in [2.75, 3.05) is 6.61 Å². The zero-order valence-corrected chi connectivity index (χ0v) is 14.5. The molecule has 0 saturated heterocycles. The largest absolute Gasteiger partial charge is 0.508 e. The van der Waals surface area contributed by atoms with Crippen molar-refractivity contribution in [3.63, 3.8) is 0 Å². The summed E-state index contributed by atoms with van der Waals surface area (Å²) in [7, 11) is 0. The Balaban J connectivity index is 1.62. The molecule has 3 aliphatic heterocycles. The van der Waals surface area contributed by atoms with E-state index in [9.17, 15) is 15.3 Å². The third-order valence-electron chi connectivity index (χ3n) is 5.60. The molecule has 136 valence electrons. The lowest BCUT2D eigenvalue weighted by molar-refractivity contribution is -0.112. The monoisotopic (exact) mass is 356 g/mol. The Morgan fingerprint density at radius 1 is 1.04 bits per heavy atom. The van der Waals surface area contributed by atoms with Gasteiger partial charge in [0.1, 0.15) is 46.9 Å². The number of ether oxygens (including phenoxy) is 3. The summed E-state index contributed by atoms with van der Waals surface area (Å²) < 4.78 is 18.0. The summed E-state index contributed by atoms with van der Waals surface area (Å²) in [5.41, 5.74) is 1.39. The van der Waals surface area contributed by atoms with Gasteiger partial charge in [0.2, 0.25) is 0 Å². The van der Waals surface area contributed by atoms with E-state index in [1.807, 2.05) is 12.1 Å². The van der Waals surface area contributed by atoms with Gasteiger partial charge in [-0.1, -0.05) is 6.07 Å². The van der Waals surface area contributed by atoms with Gasteiger partial charge in [0, 0.05) is 17.2 Å². The molecule has 0 amide bonds. The fourth-order valence-corrected chi connectivity index (χ4v) is 4.16. The first-order valence-electron chi connectivity index (χ1n) is 8.71. The number of aliphatic hydroxyl groups is 2. The van der Waals surface area contributed by atoms with Crippen molar-refractivity contribution in [2.45, 2.75) is 43.7 Å². The van der Waals surface area contributed by atoms with E-state index in [4.69, 9.17) is 14.2 Å². The lowest BCUT2D eigenvalue weighted by Gasteiger charge is -2.40. The molecule has 0 aliphatic carbocycles. The highest BCUT2D eigenvalue weighted by Gasteiger charge is 2.48. The average molecular weight is 356 g/mol. The van der Waals surface area contributed by atoms with Crippen LogP contribution in [-0.2, 0) is 0 Å². The molecule has 6 heteroatoms. The quantitative estimate of drug-likeness (QED) is 0.672. The van der Waals surface area contributed by atoms with Gasteiger partial charge in [-0.3, -0.25) is 0 Å². The van der Waals surface area contributed by atoms with Crippen LogP contribution in [0.4, 0.5) is 0 Å². The summed E-state index contributed by atoms with van der Waals surface area (Å²) in [4.78, 5) is 0. The second-order valence-electron chi connectivity index (χ2n) is 7.67. The van der Waals surface area contributed by atoms with Gasteiger partial charge in [-0.25, -0.2) is 0 Å². The zero-order chi connectivity index (χ0) is 18.2. The molecule has 0 aromatic heterocycles. The smallest absolute Gasteiger partial charge is 0.138 e. The first-order chi connectivity index (χ1) is 12.4. The summed E-state index contributed by atoms with van der Waals surface area (Å²) in [6.45, 7) is 3.90. The Bertz CT molecular complexity index is 905. The van der Waals surface area contributed by atoms with Gasteiger partial charge in [-0.2, -0.15) is 0 Å². The molecule has 26 heavy (non-hydrogen) atoms. The maximum absolute atomic E-state index is 10.7. The van der Waals surface area contributed by atoms with Crippen LogP contribution in [0.2, 0.25) is 0 Å². The summed E-state index contributed by atoms with van der Waals surface area (Å²) >= 11 is 0. The van der Waals surface area contributed by atoms with Crippen molar-refractivity contribution in [2.24, 2.45) is 0 Å². The van der Waals surface area contributed by atoms with Crippen molar-refractivity contribution in [1.29, 1.82) is 0 Å². The molecule has 4 atom stereocenters. The van der Waals surface area contributed by atoms with E-state index in [-0.39, 0.29) is 17.8 Å². The Labute approximate surface area is 150 Å². The Hall–Kier alpha value is -2.44. The SMILES string of the molecule is CC1(C)Oc2ccc3c(c2[C@@H](O)[C@H]1O)OC1c2ccc(O)cc2OCC31. The minimum Gasteiger partial charge on any atom is -0.508 e. The first-order valence-corrected chi connectivity index (χ1v) is 8.71. The number of phenolic OH excluding ortho intramolecular Hbond substituents is 1. The molecule has 5 rings (SSSR count). The van der Waals surface area contributed by atoms with Gasteiger partial charge in [-0.15, -0.1) is 0 Å². The lowest BCUT2D eigenvalue weighted by Crippen LogP contribution is -2.48. The van der Waals surface area contributed by atoms with Crippen molar-refractivity contribution in [1.82, 2.24) is 0 Å². The predicted molar refractivity (Wildman–Crippen MR) is 91.8 cm³/mol. The second-order valence-corrected chi connectivity index (χ2v) is 7.67. The van der Waals surface area contributed by atoms with Crippen LogP contribution >= 0.6 is 0 Å².